The highest BCUT2D eigenvalue weighted by Gasteiger charge is 2.09. The predicted molar refractivity (Wildman–Crippen MR) is 88.7 cm³/mol. The van der Waals surface area contributed by atoms with Crippen LogP contribution in [0.25, 0.3) is 6.08 Å². The van der Waals surface area contributed by atoms with Crippen molar-refractivity contribution in [1.82, 2.24) is 4.98 Å². The summed E-state index contributed by atoms with van der Waals surface area (Å²) in [5.41, 5.74) is 1.01. The number of aromatic nitrogens is 1. The van der Waals surface area contributed by atoms with E-state index < -0.39 is 0 Å². The SMILES string of the molecule is C/C=C/c1ccc(OCC(=O)Nc2ncc(C)s2)c(OC)c1. The molecule has 1 heterocycles. The zero-order valence-electron chi connectivity index (χ0n) is 12.8. The number of nitrogens with zero attached hydrogens (tertiary/aromatic N) is 1. The molecule has 0 aliphatic carbocycles. The van der Waals surface area contributed by atoms with Crippen LogP contribution >= 0.6 is 11.3 Å². The molecule has 0 unspecified atom stereocenters. The first kappa shape index (κ1) is 16.0. The zero-order chi connectivity index (χ0) is 15.9. The van der Waals surface area contributed by atoms with E-state index in [4.69, 9.17) is 9.47 Å². The Morgan fingerprint density at radius 2 is 2.23 bits per heavy atom. The summed E-state index contributed by atoms with van der Waals surface area (Å²) >= 11 is 1.42. The van der Waals surface area contributed by atoms with Gasteiger partial charge < -0.3 is 9.47 Å². The van der Waals surface area contributed by atoms with E-state index in [0.29, 0.717) is 16.6 Å². The fraction of sp³-hybridized carbons (Fsp3) is 0.250. The van der Waals surface area contributed by atoms with Crippen molar-refractivity contribution < 1.29 is 14.3 Å². The van der Waals surface area contributed by atoms with Gasteiger partial charge in [0.25, 0.3) is 5.91 Å². The van der Waals surface area contributed by atoms with Crippen LogP contribution in [-0.4, -0.2) is 24.6 Å². The van der Waals surface area contributed by atoms with Crippen LogP contribution in [0.3, 0.4) is 0 Å². The Hall–Kier alpha value is -2.34. The minimum Gasteiger partial charge on any atom is -0.493 e. The monoisotopic (exact) mass is 318 g/mol. The van der Waals surface area contributed by atoms with Gasteiger partial charge >= 0.3 is 0 Å². The Morgan fingerprint density at radius 1 is 1.41 bits per heavy atom. The second-order valence-electron chi connectivity index (χ2n) is 4.52. The molecule has 2 aromatic rings. The molecule has 1 aromatic carbocycles. The van der Waals surface area contributed by atoms with Gasteiger partial charge in [0, 0.05) is 11.1 Å². The van der Waals surface area contributed by atoms with Crippen molar-refractivity contribution in [3.8, 4) is 11.5 Å². The van der Waals surface area contributed by atoms with Crippen molar-refractivity contribution in [2.45, 2.75) is 13.8 Å². The number of carbonyl (C=O) groups excluding carboxylic acids is 1. The fourth-order valence-electron chi connectivity index (χ4n) is 1.81. The van der Waals surface area contributed by atoms with Crippen molar-refractivity contribution in [1.29, 1.82) is 0 Å². The summed E-state index contributed by atoms with van der Waals surface area (Å²) in [7, 11) is 1.57. The standard InChI is InChI=1S/C16H18N2O3S/c1-4-5-12-6-7-13(14(8-12)20-3)21-10-15(19)18-16-17-9-11(2)22-16/h4-9H,10H2,1-3H3,(H,17,18,19)/b5-4+. The molecule has 6 heteroatoms. The van der Waals surface area contributed by atoms with Crippen molar-refractivity contribution in [3.05, 3.63) is 40.9 Å². The van der Waals surface area contributed by atoms with Crippen molar-refractivity contribution in [2.75, 3.05) is 19.0 Å². The highest BCUT2D eigenvalue weighted by molar-refractivity contribution is 7.15. The Morgan fingerprint density at radius 3 is 2.86 bits per heavy atom. The lowest BCUT2D eigenvalue weighted by Crippen LogP contribution is -2.20. The van der Waals surface area contributed by atoms with Crippen LogP contribution in [0.5, 0.6) is 11.5 Å². The Balaban J connectivity index is 1.97. The third-order valence-electron chi connectivity index (χ3n) is 2.77. The molecule has 0 saturated heterocycles. The third kappa shape index (κ3) is 4.33. The normalized spacial score (nSPS) is 10.7. The molecule has 0 fully saturated rings. The molecule has 0 aliphatic rings. The van der Waals surface area contributed by atoms with Crippen LogP contribution in [0.1, 0.15) is 17.4 Å². The number of rotatable bonds is 6. The molecule has 0 spiro atoms. The summed E-state index contributed by atoms with van der Waals surface area (Å²) in [6.07, 6.45) is 5.62. The highest BCUT2D eigenvalue weighted by Crippen LogP contribution is 2.28. The maximum Gasteiger partial charge on any atom is 0.264 e. The quantitative estimate of drug-likeness (QED) is 0.885. The number of thiazole rings is 1. The molecule has 0 saturated carbocycles. The second kappa shape index (κ2) is 7.61. The van der Waals surface area contributed by atoms with E-state index >= 15 is 0 Å². The van der Waals surface area contributed by atoms with Gasteiger partial charge in [-0.3, -0.25) is 10.1 Å². The van der Waals surface area contributed by atoms with Crippen LogP contribution in [0.4, 0.5) is 5.13 Å². The molecule has 116 valence electrons. The largest absolute Gasteiger partial charge is 0.493 e. The average molecular weight is 318 g/mol. The summed E-state index contributed by atoms with van der Waals surface area (Å²) in [5.74, 6) is 0.864. The van der Waals surface area contributed by atoms with Crippen LogP contribution in [0.2, 0.25) is 0 Å². The van der Waals surface area contributed by atoms with Gasteiger partial charge in [0.2, 0.25) is 0 Å². The van der Waals surface area contributed by atoms with E-state index in [-0.39, 0.29) is 12.5 Å². The van der Waals surface area contributed by atoms with Gasteiger partial charge in [-0.1, -0.05) is 18.2 Å². The van der Waals surface area contributed by atoms with Gasteiger partial charge in [0.1, 0.15) is 0 Å². The zero-order valence-corrected chi connectivity index (χ0v) is 13.6. The van der Waals surface area contributed by atoms with Crippen LogP contribution in [0, 0.1) is 6.92 Å². The molecular weight excluding hydrogens is 300 g/mol. The van der Waals surface area contributed by atoms with Crippen LogP contribution in [0.15, 0.2) is 30.5 Å². The number of hydrogen-bond donors (Lipinski definition) is 1. The van der Waals surface area contributed by atoms with E-state index in [1.807, 2.05) is 38.1 Å². The molecule has 5 nitrogen and oxygen atoms in total. The Labute approximate surface area is 133 Å². The predicted octanol–water partition coefficient (Wildman–Crippen LogP) is 3.51. The van der Waals surface area contributed by atoms with E-state index in [1.165, 1.54) is 11.3 Å². The van der Waals surface area contributed by atoms with Crippen molar-refractivity contribution in [2.24, 2.45) is 0 Å². The summed E-state index contributed by atoms with van der Waals surface area (Å²) in [6.45, 7) is 3.78. The third-order valence-corrected chi connectivity index (χ3v) is 3.60. The molecule has 0 atom stereocenters. The minimum absolute atomic E-state index is 0.0993. The van der Waals surface area contributed by atoms with Gasteiger partial charge in [0.05, 0.1) is 7.11 Å². The molecular formula is C16H18N2O3S. The number of amides is 1. The molecule has 0 radical (unpaired) electrons. The number of carbonyl (C=O) groups is 1. The average Bonchev–Trinajstić information content (AvgIpc) is 2.91. The number of nitrogens with one attached hydrogen (secondary N) is 1. The van der Waals surface area contributed by atoms with E-state index in [0.717, 1.165) is 10.4 Å². The van der Waals surface area contributed by atoms with Gasteiger partial charge in [0.15, 0.2) is 23.2 Å². The molecule has 1 aromatic heterocycles. The first-order valence-corrected chi connectivity index (χ1v) is 7.60. The van der Waals surface area contributed by atoms with Crippen molar-refractivity contribution >= 4 is 28.5 Å². The number of benzene rings is 1. The Bertz CT molecular complexity index is 680. The van der Waals surface area contributed by atoms with E-state index in [1.54, 1.807) is 19.4 Å². The van der Waals surface area contributed by atoms with Crippen LogP contribution in [-0.2, 0) is 4.79 Å². The summed E-state index contributed by atoms with van der Waals surface area (Å²) in [5, 5.41) is 3.26. The number of anilines is 1. The number of allylic oxidation sites excluding steroid dienone is 1. The number of aryl methyl sites for hydroxylation is 1. The summed E-state index contributed by atoms with van der Waals surface area (Å²) in [6, 6.07) is 5.55. The first-order chi connectivity index (χ1) is 10.6. The summed E-state index contributed by atoms with van der Waals surface area (Å²) in [4.78, 5) is 17.0. The topological polar surface area (TPSA) is 60.5 Å². The maximum absolute atomic E-state index is 11.8. The van der Waals surface area contributed by atoms with Gasteiger partial charge in [-0.2, -0.15) is 0 Å². The lowest BCUT2D eigenvalue weighted by Gasteiger charge is -2.11. The maximum atomic E-state index is 11.8. The van der Waals surface area contributed by atoms with Crippen LogP contribution < -0.4 is 14.8 Å². The van der Waals surface area contributed by atoms with Gasteiger partial charge in [-0.15, -0.1) is 11.3 Å². The number of hydrogen-bond acceptors (Lipinski definition) is 5. The lowest BCUT2D eigenvalue weighted by atomic mass is 10.2. The van der Waals surface area contributed by atoms with E-state index in [9.17, 15) is 4.79 Å². The van der Waals surface area contributed by atoms with Gasteiger partial charge in [-0.05, 0) is 31.5 Å². The molecule has 1 N–H and O–H groups in total. The van der Waals surface area contributed by atoms with Gasteiger partial charge in [-0.25, -0.2) is 4.98 Å². The molecule has 0 aliphatic heterocycles. The number of ether oxygens (including phenoxy) is 2. The smallest absolute Gasteiger partial charge is 0.264 e. The molecule has 22 heavy (non-hydrogen) atoms. The molecule has 1 amide bonds. The first-order valence-electron chi connectivity index (χ1n) is 6.78. The molecule has 2 rings (SSSR count). The molecule has 0 bridgehead atoms. The Kier molecular flexibility index (Phi) is 5.55. The highest BCUT2D eigenvalue weighted by atomic mass is 32.1. The van der Waals surface area contributed by atoms with Crippen molar-refractivity contribution in [3.63, 3.8) is 0 Å². The number of methoxy groups -OCH3 is 1. The summed E-state index contributed by atoms with van der Waals surface area (Å²) < 4.78 is 10.8. The minimum atomic E-state index is -0.256. The second-order valence-corrected chi connectivity index (χ2v) is 5.76. The fourth-order valence-corrected chi connectivity index (χ4v) is 2.49. The van der Waals surface area contributed by atoms with E-state index in [2.05, 4.69) is 10.3 Å². The lowest BCUT2D eigenvalue weighted by molar-refractivity contribution is -0.118.